The highest BCUT2D eigenvalue weighted by Gasteiger charge is 2.17. The normalized spacial score (nSPS) is 10.9. The average Bonchev–Trinajstić information content (AvgIpc) is 2.94. The summed E-state index contributed by atoms with van der Waals surface area (Å²) in [6, 6.07) is 13.5. The molecule has 0 bridgehead atoms. The number of halogens is 1. The second-order valence-electron chi connectivity index (χ2n) is 5.18. The molecule has 0 amide bonds. The highest BCUT2D eigenvalue weighted by Crippen LogP contribution is 2.28. The summed E-state index contributed by atoms with van der Waals surface area (Å²) in [5.41, 5.74) is 5.51. The van der Waals surface area contributed by atoms with E-state index >= 15 is 0 Å². The van der Waals surface area contributed by atoms with Gasteiger partial charge in [0.1, 0.15) is 11.4 Å². The molecule has 0 atom stereocenters. The maximum absolute atomic E-state index is 9.58. The van der Waals surface area contributed by atoms with Crippen LogP contribution in [0.4, 0.5) is 0 Å². The zero-order valence-electron chi connectivity index (χ0n) is 12.4. The number of rotatable bonds is 3. The van der Waals surface area contributed by atoms with Gasteiger partial charge >= 0.3 is 0 Å². The third-order valence-corrected chi connectivity index (χ3v) is 4.06. The van der Waals surface area contributed by atoms with Crippen molar-refractivity contribution in [2.75, 3.05) is 0 Å². The van der Waals surface area contributed by atoms with E-state index in [4.69, 9.17) is 11.6 Å². The van der Waals surface area contributed by atoms with Gasteiger partial charge in [-0.15, -0.1) is 5.10 Å². The van der Waals surface area contributed by atoms with Crippen molar-refractivity contribution in [3.63, 3.8) is 0 Å². The topological polar surface area (TPSA) is 50.9 Å². The highest BCUT2D eigenvalue weighted by molar-refractivity contribution is 6.30. The molecule has 1 N–H and O–H groups in total. The van der Waals surface area contributed by atoms with Crippen LogP contribution in [-0.2, 0) is 6.61 Å². The fourth-order valence-corrected chi connectivity index (χ4v) is 2.58. The third-order valence-electron chi connectivity index (χ3n) is 3.81. The molecular weight excluding hydrogens is 298 g/mol. The van der Waals surface area contributed by atoms with E-state index in [0.717, 1.165) is 22.5 Å². The molecule has 0 unspecified atom stereocenters. The monoisotopic (exact) mass is 313 g/mol. The second kappa shape index (κ2) is 5.91. The summed E-state index contributed by atoms with van der Waals surface area (Å²) in [4.78, 5) is 0. The molecule has 0 fully saturated rings. The zero-order valence-corrected chi connectivity index (χ0v) is 13.2. The molecule has 112 valence electrons. The lowest BCUT2D eigenvalue weighted by Crippen LogP contribution is -2.03. The molecule has 0 saturated carbocycles. The molecule has 0 spiro atoms. The van der Waals surface area contributed by atoms with Gasteiger partial charge < -0.3 is 5.11 Å². The van der Waals surface area contributed by atoms with Gasteiger partial charge in [-0.05, 0) is 43.2 Å². The van der Waals surface area contributed by atoms with Gasteiger partial charge in [0.15, 0.2) is 0 Å². The molecule has 1 heterocycles. The van der Waals surface area contributed by atoms with Crippen molar-refractivity contribution in [2.45, 2.75) is 20.5 Å². The lowest BCUT2D eigenvalue weighted by molar-refractivity contribution is 0.277. The van der Waals surface area contributed by atoms with Gasteiger partial charge in [0.25, 0.3) is 0 Å². The minimum atomic E-state index is -0.164. The van der Waals surface area contributed by atoms with Crippen molar-refractivity contribution in [1.82, 2.24) is 15.0 Å². The van der Waals surface area contributed by atoms with Crippen molar-refractivity contribution >= 4 is 11.6 Å². The molecule has 0 aliphatic heterocycles. The molecule has 3 rings (SSSR count). The summed E-state index contributed by atoms with van der Waals surface area (Å²) in [5, 5.41) is 18.6. The quantitative estimate of drug-likeness (QED) is 0.802. The van der Waals surface area contributed by atoms with Crippen LogP contribution < -0.4 is 0 Å². The maximum Gasteiger partial charge on any atom is 0.117 e. The fourth-order valence-electron chi connectivity index (χ4n) is 2.45. The van der Waals surface area contributed by atoms with Crippen molar-refractivity contribution in [1.29, 1.82) is 0 Å². The number of aryl methyl sites for hydroxylation is 1. The van der Waals surface area contributed by atoms with Gasteiger partial charge in [0, 0.05) is 10.6 Å². The number of benzene rings is 2. The molecule has 2 aromatic carbocycles. The lowest BCUT2D eigenvalue weighted by atomic mass is 10.1. The first-order valence-electron chi connectivity index (χ1n) is 6.99. The molecule has 1 aromatic heterocycles. The molecule has 0 saturated heterocycles. The average molecular weight is 314 g/mol. The standard InChI is InChI=1S/C17H16ClN3O/c1-11-4-3-5-16(12(11)2)21-17(15(10-22)19-20-21)13-6-8-14(18)9-7-13/h3-9,22H,10H2,1-2H3. The summed E-state index contributed by atoms with van der Waals surface area (Å²) < 4.78 is 1.77. The fraction of sp³-hybridized carbons (Fsp3) is 0.176. The molecule has 4 nitrogen and oxygen atoms in total. The predicted molar refractivity (Wildman–Crippen MR) is 87.2 cm³/mol. The molecular formula is C17H16ClN3O. The summed E-state index contributed by atoms with van der Waals surface area (Å²) >= 11 is 5.96. The summed E-state index contributed by atoms with van der Waals surface area (Å²) in [7, 11) is 0. The molecule has 0 aliphatic carbocycles. The number of aliphatic hydroxyl groups is 1. The Morgan fingerprint density at radius 1 is 1.09 bits per heavy atom. The SMILES string of the molecule is Cc1cccc(-n2nnc(CO)c2-c2ccc(Cl)cc2)c1C. The van der Waals surface area contributed by atoms with Crippen LogP contribution in [0.5, 0.6) is 0 Å². The second-order valence-corrected chi connectivity index (χ2v) is 5.62. The first-order chi connectivity index (χ1) is 10.6. The van der Waals surface area contributed by atoms with Gasteiger partial charge in [0.05, 0.1) is 12.3 Å². The van der Waals surface area contributed by atoms with Gasteiger partial charge in [0.2, 0.25) is 0 Å². The van der Waals surface area contributed by atoms with E-state index in [9.17, 15) is 5.11 Å². The largest absolute Gasteiger partial charge is 0.390 e. The molecule has 22 heavy (non-hydrogen) atoms. The summed E-state index contributed by atoms with van der Waals surface area (Å²) in [6.07, 6.45) is 0. The Kier molecular flexibility index (Phi) is 3.96. The first-order valence-corrected chi connectivity index (χ1v) is 7.37. The number of aliphatic hydroxyl groups excluding tert-OH is 1. The summed E-state index contributed by atoms with van der Waals surface area (Å²) in [5.74, 6) is 0. The van der Waals surface area contributed by atoms with E-state index in [1.165, 1.54) is 5.56 Å². The van der Waals surface area contributed by atoms with E-state index in [1.807, 2.05) is 36.4 Å². The van der Waals surface area contributed by atoms with Gasteiger partial charge in [-0.2, -0.15) is 0 Å². The Morgan fingerprint density at radius 3 is 2.50 bits per heavy atom. The Labute approximate surface area is 134 Å². The zero-order chi connectivity index (χ0) is 15.7. The summed E-state index contributed by atoms with van der Waals surface area (Å²) in [6.45, 7) is 3.95. The van der Waals surface area contributed by atoms with Gasteiger partial charge in [-0.1, -0.05) is 41.1 Å². The van der Waals surface area contributed by atoms with E-state index < -0.39 is 0 Å². The van der Waals surface area contributed by atoms with Crippen LogP contribution in [0.3, 0.4) is 0 Å². The Bertz CT molecular complexity index is 809. The lowest BCUT2D eigenvalue weighted by Gasteiger charge is -2.12. The highest BCUT2D eigenvalue weighted by atomic mass is 35.5. The smallest absolute Gasteiger partial charge is 0.117 e. The number of hydrogen-bond donors (Lipinski definition) is 1. The predicted octanol–water partition coefficient (Wildman–Crippen LogP) is 3.70. The van der Waals surface area contributed by atoms with Crippen molar-refractivity contribution in [2.24, 2.45) is 0 Å². The van der Waals surface area contributed by atoms with E-state index in [-0.39, 0.29) is 6.61 Å². The van der Waals surface area contributed by atoms with E-state index in [2.05, 4.69) is 30.2 Å². The van der Waals surface area contributed by atoms with Gasteiger partial charge in [-0.25, -0.2) is 4.68 Å². The minimum absolute atomic E-state index is 0.164. The van der Waals surface area contributed by atoms with Crippen LogP contribution in [0.1, 0.15) is 16.8 Å². The Hall–Kier alpha value is -2.17. The van der Waals surface area contributed by atoms with Crippen molar-refractivity contribution < 1.29 is 5.11 Å². The third kappa shape index (κ3) is 2.51. The van der Waals surface area contributed by atoms with Crippen molar-refractivity contribution in [3.05, 3.63) is 64.3 Å². The Balaban J connectivity index is 2.23. The Morgan fingerprint density at radius 2 is 1.82 bits per heavy atom. The van der Waals surface area contributed by atoms with Crippen molar-refractivity contribution in [3.8, 4) is 16.9 Å². The van der Waals surface area contributed by atoms with Crippen LogP contribution in [-0.4, -0.2) is 20.1 Å². The van der Waals surface area contributed by atoms with Crippen LogP contribution in [0.25, 0.3) is 16.9 Å². The molecule has 0 aliphatic rings. The van der Waals surface area contributed by atoms with Crippen LogP contribution in [0, 0.1) is 13.8 Å². The molecule has 3 aromatic rings. The number of hydrogen-bond acceptors (Lipinski definition) is 3. The van der Waals surface area contributed by atoms with Crippen LogP contribution >= 0.6 is 11.6 Å². The van der Waals surface area contributed by atoms with E-state index in [0.29, 0.717) is 10.7 Å². The molecule has 0 radical (unpaired) electrons. The van der Waals surface area contributed by atoms with Crippen LogP contribution in [0.2, 0.25) is 5.02 Å². The van der Waals surface area contributed by atoms with Gasteiger partial charge in [-0.3, -0.25) is 0 Å². The van der Waals surface area contributed by atoms with Crippen LogP contribution in [0.15, 0.2) is 42.5 Å². The number of nitrogens with zero attached hydrogens (tertiary/aromatic N) is 3. The molecule has 5 heteroatoms. The maximum atomic E-state index is 9.58. The first kappa shape index (κ1) is 14.8. The number of aromatic nitrogens is 3. The van der Waals surface area contributed by atoms with E-state index in [1.54, 1.807) is 4.68 Å². The minimum Gasteiger partial charge on any atom is -0.390 e.